The zero-order valence-electron chi connectivity index (χ0n) is 11.3. The second kappa shape index (κ2) is 5.25. The zero-order valence-corrected chi connectivity index (χ0v) is 11.3. The first-order chi connectivity index (χ1) is 9.83. The molecule has 0 bridgehead atoms. The van der Waals surface area contributed by atoms with E-state index >= 15 is 0 Å². The largest absolute Gasteiger partial charge is 0.298 e. The van der Waals surface area contributed by atoms with E-state index in [1.807, 2.05) is 41.1 Å². The zero-order chi connectivity index (χ0) is 13.9. The number of imidazole rings is 1. The van der Waals surface area contributed by atoms with Crippen molar-refractivity contribution in [3.8, 4) is 5.82 Å². The van der Waals surface area contributed by atoms with Crippen LogP contribution in [0.3, 0.4) is 0 Å². The van der Waals surface area contributed by atoms with Crippen LogP contribution in [-0.2, 0) is 6.42 Å². The third-order valence-corrected chi connectivity index (χ3v) is 3.28. The van der Waals surface area contributed by atoms with Crippen molar-refractivity contribution in [3.63, 3.8) is 0 Å². The van der Waals surface area contributed by atoms with E-state index < -0.39 is 0 Å². The van der Waals surface area contributed by atoms with Gasteiger partial charge >= 0.3 is 0 Å². The molecule has 2 heterocycles. The lowest BCUT2D eigenvalue weighted by Crippen LogP contribution is -2.06. The number of benzene rings is 1. The Balaban J connectivity index is 2.23. The van der Waals surface area contributed by atoms with Crippen LogP contribution in [0.4, 0.5) is 0 Å². The molecule has 2 aromatic heterocycles. The van der Waals surface area contributed by atoms with Crippen molar-refractivity contribution in [1.29, 1.82) is 0 Å². The van der Waals surface area contributed by atoms with Gasteiger partial charge in [-0.15, -0.1) is 0 Å². The smallest absolute Gasteiger partial charge is 0.153 e. The van der Waals surface area contributed by atoms with E-state index in [1.165, 1.54) is 0 Å². The highest BCUT2D eigenvalue weighted by atomic mass is 16.1. The summed E-state index contributed by atoms with van der Waals surface area (Å²) in [5.74, 6) is 1.58. The number of aldehydes is 1. The van der Waals surface area contributed by atoms with Gasteiger partial charge in [-0.25, -0.2) is 9.97 Å². The van der Waals surface area contributed by atoms with Gasteiger partial charge < -0.3 is 0 Å². The van der Waals surface area contributed by atoms with Crippen LogP contribution in [-0.4, -0.2) is 20.8 Å². The quantitative estimate of drug-likeness (QED) is 0.681. The van der Waals surface area contributed by atoms with Gasteiger partial charge in [-0.1, -0.05) is 25.1 Å². The number of aromatic nitrogens is 3. The number of aryl methyl sites for hydroxylation is 1. The third kappa shape index (κ3) is 2.09. The van der Waals surface area contributed by atoms with Crippen LogP contribution in [0, 0.1) is 0 Å². The van der Waals surface area contributed by atoms with Crippen molar-refractivity contribution in [1.82, 2.24) is 14.5 Å². The molecule has 0 saturated heterocycles. The summed E-state index contributed by atoms with van der Waals surface area (Å²) in [5, 5.41) is 0.968. The number of pyridine rings is 1. The first-order valence-corrected chi connectivity index (χ1v) is 6.71. The van der Waals surface area contributed by atoms with Crippen molar-refractivity contribution in [3.05, 3.63) is 54.1 Å². The van der Waals surface area contributed by atoms with Crippen molar-refractivity contribution in [2.45, 2.75) is 19.8 Å². The van der Waals surface area contributed by atoms with Gasteiger partial charge in [0.05, 0.1) is 11.1 Å². The van der Waals surface area contributed by atoms with Gasteiger partial charge in [-0.05, 0) is 18.6 Å². The van der Waals surface area contributed by atoms with Crippen LogP contribution in [0.15, 0.2) is 42.7 Å². The highest BCUT2D eigenvalue weighted by molar-refractivity contribution is 5.89. The fraction of sp³-hybridized carbons (Fsp3) is 0.188. The predicted octanol–water partition coefficient (Wildman–Crippen LogP) is 3.19. The van der Waals surface area contributed by atoms with Crippen molar-refractivity contribution in [2.75, 3.05) is 0 Å². The van der Waals surface area contributed by atoms with E-state index in [2.05, 4.69) is 16.9 Å². The summed E-state index contributed by atoms with van der Waals surface area (Å²) in [4.78, 5) is 20.3. The number of rotatable bonds is 4. The Morgan fingerprint density at radius 2 is 2.15 bits per heavy atom. The second-order valence-electron chi connectivity index (χ2n) is 4.68. The van der Waals surface area contributed by atoms with E-state index in [-0.39, 0.29) is 0 Å². The molecule has 20 heavy (non-hydrogen) atoms. The van der Waals surface area contributed by atoms with Gasteiger partial charge in [0.15, 0.2) is 6.29 Å². The van der Waals surface area contributed by atoms with E-state index in [0.29, 0.717) is 11.4 Å². The molecule has 4 heteroatoms. The minimum Gasteiger partial charge on any atom is -0.298 e. The number of hydrogen-bond acceptors (Lipinski definition) is 3. The van der Waals surface area contributed by atoms with Crippen LogP contribution in [0.2, 0.25) is 0 Å². The number of carbonyl (C=O) groups excluding carboxylic acids is 1. The van der Waals surface area contributed by atoms with E-state index in [1.54, 1.807) is 6.20 Å². The maximum absolute atomic E-state index is 11.4. The lowest BCUT2D eigenvalue weighted by molar-refractivity contribution is 0.112. The second-order valence-corrected chi connectivity index (χ2v) is 4.68. The number of fused-ring (bicyclic) bond motifs is 1. The Morgan fingerprint density at radius 1 is 1.30 bits per heavy atom. The Labute approximate surface area is 117 Å². The first-order valence-electron chi connectivity index (χ1n) is 6.71. The molecule has 3 aromatic rings. The number of hydrogen-bond donors (Lipinski definition) is 0. The molecular weight excluding hydrogens is 250 g/mol. The van der Waals surface area contributed by atoms with Gasteiger partial charge in [0.25, 0.3) is 0 Å². The highest BCUT2D eigenvalue weighted by Gasteiger charge is 2.11. The first kappa shape index (κ1) is 12.5. The molecule has 100 valence electrons. The summed E-state index contributed by atoms with van der Waals surface area (Å²) in [6.07, 6.45) is 6.32. The fourth-order valence-electron chi connectivity index (χ4n) is 2.34. The molecule has 0 amide bonds. The van der Waals surface area contributed by atoms with Gasteiger partial charge in [-0.2, -0.15) is 0 Å². The average Bonchev–Trinajstić information content (AvgIpc) is 2.94. The molecule has 0 atom stereocenters. The molecule has 1 aromatic carbocycles. The predicted molar refractivity (Wildman–Crippen MR) is 78.2 cm³/mol. The molecule has 3 rings (SSSR count). The summed E-state index contributed by atoms with van der Waals surface area (Å²) in [6, 6.07) is 9.67. The summed E-state index contributed by atoms with van der Waals surface area (Å²) in [6.45, 7) is 2.10. The summed E-state index contributed by atoms with van der Waals surface area (Å²) in [5.41, 5.74) is 1.46. The van der Waals surface area contributed by atoms with E-state index in [4.69, 9.17) is 0 Å². The Kier molecular flexibility index (Phi) is 3.29. The minimum absolute atomic E-state index is 0.582. The fourth-order valence-corrected chi connectivity index (χ4v) is 2.34. The topological polar surface area (TPSA) is 47.8 Å². The number of para-hydroxylation sites is 1. The Hall–Kier alpha value is -2.49. The highest BCUT2D eigenvalue weighted by Crippen LogP contribution is 2.20. The maximum Gasteiger partial charge on any atom is 0.153 e. The van der Waals surface area contributed by atoms with Gasteiger partial charge in [0.1, 0.15) is 11.6 Å². The van der Waals surface area contributed by atoms with Gasteiger partial charge in [-0.3, -0.25) is 9.36 Å². The monoisotopic (exact) mass is 265 g/mol. The molecule has 0 aliphatic rings. The average molecular weight is 265 g/mol. The van der Waals surface area contributed by atoms with Crippen molar-refractivity contribution in [2.24, 2.45) is 0 Å². The normalized spacial score (nSPS) is 10.8. The Morgan fingerprint density at radius 3 is 2.95 bits per heavy atom. The lowest BCUT2D eigenvalue weighted by atomic mass is 10.1. The number of nitrogens with zero attached hydrogens (tertiary/aromatic N) is 3. The SMILES string of the molecule is CCCc1nccn1-c1nc2ccccc2cc1C=O. The molecule has 4 nitrogen and oxygen atoms in total. The molecule has 0 aliphatic carbocycles. The van der Waals surface area contributed by atoms with Gasteiger partial charge in [0.2, 0.25) is 0 Å². The summed E-state index contributed by atoms with van der Waals surface area (Å²) in [7, 11) is 0. The minimum atomic E-state index is 0.582. The maximum atomic E-state index is 11.4. The molecule has 0 N–H and O–H groups in total. The Bertz CT molecular complexity index is 761. The van der Waals surface area contributed by atoms with Crippen molar-refractivity contribution < 1.29 is 4.79 Å². The van der Waals surface area contributed by atoms with Crippen LogP contribution in [0.25, 0.3) is 16.7 Å². The molecule has 0 aliphatic heterocycles. The van der Waals surface area contributed by atoms with Crippen LogP contribution >= 0.6 is 0 Å². The van der Waals surface area contributed by atoms with Crippen LogP contribution < -0.4 is 0 Å². The molecule has 0 spiro atoms. The molecule has 0 unspecified atom stereocenters. The molecule has 0 radical (unpaired) electrons. The molecule has 0 saturated carbocycles. The van der Waals surface area contributed by atoms with Crippen LogP contribution in [0.5, 0.6) is 0 Å². The third-order valence-electron chi connectivity index (χ3n) is 3.28. The summed E-state index contributed by atoms with van der Waals surface area (Å²) >= 11 is 0. The van der Waals surface area contributed by atoms with E-state index in [0.717, 1.165) is 35.9 Å². The molecule has 0 fully saturated rings. The van der Waals surface area contributed by atoms with Gasteiger partial charge in [0, 0.05) is 24.2 Å². The summed E-state index contributed by atoms with van der Waals surface area (Å²) < 4.78 is 1.90. The lowest BCUT2D eigenvalue weighted by Gasteiger charge is -2.10. The standard InChI is InChI=1S/C16H15N3O/c1-2-5-15-17-8-9-19(15)16-13(11-20)10-12-6-3-4-7-14(12)18-16/h3-4,6-11H,2,5H2,1H3. The molecular formula is C16H15N3O. The number of carbonyl (C=O) groups is 1. The van der Waals surface area contributed by atoms with Crippen molar-refractivity contribution >= 4 is 17.2 Å². The van der Waals surface area contributed by atoms with Crippen LogP contribution in [0.1, 0.15) is 29.5 Å². The van der Waals surface area contributed by atoms with E-state index in [9.17, 15) is 4.79 Å².